The van der Waals surface area contributed by atoms with Gasteiger partial charge in [-0.1, -0.05) is 0 Å². The van der Waals surface area contributed by atoms with Gasteiger partial charge in [-0.15, -0.1) is 0 Å². The summed E-state index contributed by atoms with van der Waals surface area (Å²) < 4.78 is 26.3. The molecule has 2 atom stereocenters. The zero-order valence-electron chi connectivity index (χ0n) is 9.53. The lowest BCUT2D eigenvalue weighted by atomic mass is 10.3. The van der Waals surface area contributed by atoms with Gasteiger partial charge in [-0.05, 0) is 6.92 Å². The SMILES string of the molecule is COC(C)(OC)C([Si])(OC)OCC1CO1. The summed E-state index contributed by atoms with van der Waals surface area (Å²) in [6, 6.07) is 0. The van der Waals surface area contributed by atoms with E-state index in [2.05, 4.69) is 10.2 Å². The van der Waals surface area contributed by atoms with Crippen molar-refractivity contribution < 1.29 is 23.7 Å². The van der Waals surface area contributed by atoms with Crippen LogP contribution < -0.4 is 0 Å². The van der Waals surface area contributed by atoms with Crippen molar-refractivity contribution in [3.63, 3.8) is 0 Å². The molecule has 2 unspecified atom stereocenters. The van der Waals surface area contributed by atoms with Crippen molar-refractivity contribution in [2.75, 3.05) is 34.5 Å². The second-order valence-electron chi connectivity index (χ2n) is 3.44. The van der Waals surface area contributed by atoms with Crippen molar-refractivity contribution in [3.8, 4) is 0 Å². The van der Waals surface area contributed by atoms with Gasteiger partial charge in [0.05, 0.1) is 13.2 Å². The summed E-state index contributed by atoms with van der Waals surface area (Å²) in [7, 11) is 7.95. The second kappa shape index (κ2) is 4.90. The van der Waals surface area contributed by atoms with E-state index in [4.69, 9.17) is 23.7 Å². The van der Waals surface area contributed by atoms with Crippen LogP contribution in [-0.2, 0) is 23.7 Å². The van der Waals surface area contributed by atoms with Crippen LogP contribution in [0.4, 0.5) is 0 Å². The first-order chi connectivity index (χ1) is 7.01. The average Bonchev–Trinajstić information content (AvgIpc) is 3.08. The Morgan fingerprint density at radius 2 is 1.80 bits per heavy atom. The maximum absolute atomic E-state index is 5.57. The van der Waals surface area contributed by atoms with Crippen molar-refractivity contribution in [3.05, 3.63) is 0 Å². The van der Waals surface area contributed by atoms with Crippen LogP contribution in [0.15, 0.2) is 0 Å². The fourth-order valence-corrected chi connectivity index (χ4v) is 1.39. The summed E-state index contributed by atoms with van der Waals surface area (Å²) in [6.07, 6.45) is 0.147. The van der Waals surface area contributed by atoms with Crippen molar-refractivity contribution in [1.29, 1.82) is 0 Å². The summed E-state index contributed by atoms with van der Waals surface area (Å²) in [5.41, 5.74) is -1.15. The second-order valence-corrected chi connectivity index (χ2v) is 4.10. The van der Waals surface area contributed by atoms with E-state index in [0.29, 0.717) is 6.61 Å². The van der Waals surface area contributed by atoms with Crippen LogP contribution in [0, 0.1) is 0 Å². The molecule has 1 rings (SSSR count). The predicted molar refractivity (Wildman–Crippen MR) is 53.6 cm³/mol. The zero-order chi connectivity index (χ0) is 11.5. The molecule has 0 aliphatic carbocycles. The number of hydrogen-bond donors (Lipinski definition) is 0. The Morgan fingerprint density at radius 1 is 1.27 bits per heavy atom. The van der Waals surface area contributed by atoms with Crippen molar-refractivity contribution in [2.24, 2.45) is 0 Å². The molecule has 1 heterocycles. The standard InChI is InChI=1S/C9H17O5Si/c1-8(10-2,11-3)9(15,12-4)14-6-7-5-13-7/h7H,5-6H2,1-4H3. The Bertz CT molecular complexity index is 205. The van der Waals surface area contributed by atoms with Crippen molar-refractivity contribution >= 4 is 10.2 Å². The minimum Gasteiger partial charge on any atom is -0.371 e. The molecule has 0 spiro atoms. The average molecular weight is 233 g/mol. The highest BCUT2D eigenvalue weighted by Gasteiger charge is 2.48. The quantitative estimate of drug-likeness (QED) is 0.348. The molecule has 3 radical (unpaired) electrons. The first kappa shape index (κ1) is 13.1. The van der Waals surface area contributed by atoms with Gasteiger partial charge in [0.15, 0.2) is 5.41 Å². The minimum atomic E-state index is -1.15. The monoisotopic (exact) mass is 233 g/mol. The molecule has 0 saturated carbocycles. The van der Waals surface area contributed by atoms with E-state index in [9.17, 15) is 0 Å². The summed E-state index contributed by atoms with van der Waals surface area (Å²) in [4.78, 5) is 0. The topological polar surface area (TPSA) is 49.5 Å². The molecule has 87 valence electrons. The molecule has 1 fully saturated rings. The van der Waals surface area contributed by atoms with Crippen LogP contribution in [-0.4, -0.2) is 62.1 Å². The third-order valence-corrected chi connectivity index (χ3v) is 3.34. The molecule has 6 heteroatoms. The van der Waals surface area contributed by atoms with E-state index in [0.717, 1.165) is 6.61 Å². The van der Waals surface area contributed by atoms with E-state index >= 15 is 0 Å². The molecule has 0 bridgehead atoms. The van der Waals surface area contributed by atoms with Crippen molar-refractivity contribution in [1.82, 2.24) is 0 Å². The fraction of sp³-hybridized carbons (Fsp3) is 1.00. The molecule has 0 aromatic heterocycles. The van der Waals surface area contributed by atoms with Crippen LogP contribution >= 0.6 is 0 Å². The molecule has 1 aliphatic heterocycles. The first-order valence-electron chi connectivity index (χ1n) is 4.67. The smallest absolute Gasteiger partial charge is 0.214 e. The highest BCUT2D eigenvalue weighted by molar-refractivity contribution is 6.14. The Morgan fingerprint density at radius 3 is 2.13 bits per heavy atom. The fourth-order valence-electron chi connectivity index (χ4n) is 1.10. The summed E-state index contributed by atoms with van der Waals surface area (Å²) >= 11 is 0. The first-order valence-corrected chi connectivity index (χ1v) is 5.17. The molecule has 0 amide bonds. The van der Waals surface area contributed by atoms with E-state index in [1.54, 1.807) is 6.92 Å². The predicted octanol–water partition coefficient (Wildman–Crippen LogP) is -0.120. The van der Waals surface area contributed by atoms with Gasteiger partial charge in [-0.25, -0.2) is 0 Å². The molecular weight excluding hydrogens is 216 g/mol. The Kier molecular flexibility index (Phi) is 4.27. The normalized spacial score (nSPS) is 25.0. The lowest BCUT2D eigenvalue weighted by molar-refractivity contribution is -0.348. The zero-order valence-corrected chi connectivity index (χ0v) is 10.5. The van der Waals surface area contributed by atoms with Gasteiger partial charge in [0.1, 0.15) is 16.3 Å². The minimum absolute atomic E-state index is 0.147. The van der Waals surface area contributed by atoms with Crippen LogP contribution in [0.1, 0.15) is 6.92 Å². The maximum Gasteiger partial charge on any atom is 0.214 e. The lowest BCUT2D eigenvalue weighted by Crippen LogP contribution is -2.58. The molecule has 0 N–H and O–H groups in total. The Hall–Kier alpha value is 0.0169. The Labute approximate surface area is 93.4 Å². The molecule has 0 aromatic carbocycles. The molecule has 15 heavy (non-hydrogen) atoms. The third-order valence-electron chi connectivity index (χ3n) is 2.54. The van der Waals surface area contributed by atoms with E-state index in [-0.39, 0.29) is 6.10 Å². The largest absolute Gasteiger partial charge is 0.371 e. The molecule has 0 aromatic rings. The number of epoxide rings is 1. The van der Waals surface area contributed by atoms with Gasteiger partial charge in [0.25, 0.3) is 0 Å². The highest BCUT2D eigenvalue weighted by Crippen LogP contribution is 2.29. The third kappa shape index (κ3) is 2.77. The molecule has 1 saturated heterocycles. The van der Waals surface area contributed by atoms with Gasteiger partial charge >= 0.3 is 0 Å². The van der Waals surface area contributed by atoms with Crippen LogP contribution in [0.25, 0.3) is 0 Å². The van der Waals surface area contributed by atoms with E-state index in [1.165, 1.54) is 21.3 Å². The summed E-state index contributed by atoms with van der Waals surface area (Å²) in [5.74, 6) is -1.03. The van der Waals surface area contributed by atoms with Crippen LogP contribution in [0.5, 0.6) is 0 Å². The lowest BCUT2D eigenvalue weighted by Gasteiger charge is -2.42. The molecule has 1 aliphatic rings. The summed E-state index contributed by atoms with van der Waals surface area (Å²) in [5, 5.41) is 0. The maximum atomic E-state index is 5.57. The molecular formula is C9H17O5Si. The number of rotatable bonds is 7. The van der Waals surface area contributed by atoms with E-state index < -0.39 is 11.2 Å². The van der Waals surface area contributed by atoms with Crippen molar-refractivity contribution in [2.45, 2.75) is 24.2 Å². The van der Waals surface area contributed by atoms with Gasteiger partial charge in [0, 0.05) is 21.3 Å². The summed E-state index contributed by atoms with van der Waals surface area (Å²) in [6.45, 7) is 2.87. The highest BCUT2D eigenvalue weighted by atomic mass is 28.1. The van der Waals surface area contributed by atoms with E-state index in [1.807, 2.05) is 0 Å². The van der Waals surface area contributed by atoms with Gasteiger partial charge < -0.3 is 23.7 Å². The van der Waals surface area contributed by atoms with Crippen LogP contribution in [0.3, 0.4) is 0 Å². The van der Waals surface area contributed by atoms with Gasteiger partial charge in [0.2, 0.25) is 5.79 Å². The van der Waals surface area contributed by atoms with Gasteiger partial charge in [-0.2, -0.15) is 0 Å². The molecule has 5 nitrogen and oxygen atoms in total. The van der Waals surface area contributed by atoms with Gasteiger partial charge in [-0.3, -0.25) is 0 Å². The number of hydrogen-bond acceptors (Lipinski definition) is 5. The number of methoxy groups -OCH3 is 3. The number of ether oxygens (including phenoxy) is 5. The Balaban J connectivity index is 2.61. The van der Waals surface area contributed by atoms with Crippen LogP contribution in [0.2, 0.25) is 0 Å².